The summed E-state index contributed by atoms with van der Waals surface area (Å²) >= 11 is 0. The van der Waals surface area contributed by atoms with Crippen molar-refractivity contribution >= 4 is 14.3 Å². The van der Waals surface area contributed by atoms with Gasteiger partial charge in [-0.1, -0.05) is 20.8 Å². The Hall–Kier alpha value is -0.853. The SMILES string of the molecule is CC1(C)O[C@@H]2/C(=C/O[Si](C)(C)C(C)(C)C)OC(=O)[C@@H]2O1. The maximum atomic E-state index is 11.8. The van der Waals surface area contributed by atoms with Crippen LogP contribution in [0.2, 0.25) is 18.1 Å². The van der Waals surface area contributed by atoms with Gasteiger partial charge in [0.2, 0.25) is 8.32 Å². The number of carbonyl (C=O) groups is 1. The summed E-state index contributed by atoms with van der Waals surface area (Å²) in [5.41, 5.74) is 0. The molecule has 0 bridgehead atoms. The van der Waals surface area contributed by atoms with Gasteiger partial charge in [0.05, 0.1) is 0 Å². The highest BCUT2D eigenvalue weighted by molar-refractivity contribution is 6.74. The highest BCUT2D eigenvalue weighted by Crippen LogP contribution is 2.40. The summed E-state index contributed by atoms with van der Waals surface area (Å²) in [5.74, 6) is -0.772. The Labute approximate surface area is 121 Å². The summed E-state index contributed by atoms with van der Waals surface area (Å²) in [4.78, 5) is 11.8. The number of cyclic esters (lactones) is 1. The lowest BCUT2D eigenvalue weighted by atomic mass is 10.2. The summed E-state index contributed by atoms with van der Waals surface area (Å²) < 4.78 is 22.4. The lowest BCUT2D eigenvalue weighted by molar-refractivity contribution is -0.173. The van der Waals surface area contributed by atoms with E-state index in [4.69, 9.17) is 18.6 Å². The van der Waals surface area contributed by atoms with Crippen LogP contribution < -0.4 is 0 Å². The molecule has 0 saturated carbocycles. The lowest BCUT2D eigenvalue weighted by Gasteiger charge is -2.35. The molecule has 0 N–H and O–H groups in total. The van der Waals surface area contributed by atoms with Crippen molar-refractivity contribution in [3.05, 3.63) is 12.0 Å². The number of carbonyl (C=O) groups excluding carboxylic acids is 1. The first-order valence-corrected chi connectivity index (χ1v) is 9.79. The molecule has 0 aromatic rings. The molecule has 2 rings (SSSR count). The first-order chi connectivity index (χ1) is 8.93. The fourth-order valence-corrected chi connectivity index (χ4v) is 2.61. The summed E-state index contributed by atoms with van der Waals surface area (Å²) in [6.07, 6.45) is 0.367. The molecule has 0 radical (unpaired) electrons. The van der Waals surface area contributed by atoms with Gasteiger partial charge in [-0.2, -0.15) is 0 Å². The summed E-state index contributed by atoms with van der Waals surface area (Å²) in [6, 6.07) is 0. The number of hydrogen-bond donors (Lipinski definition) is 0. The number of ether oxygens (including phenoxy) is 3. The van der Waals surface area contributed by atoms with Crippen LogP contribution in [0.1, 0.15) is 34.6 Å². The highest BCUT2D eigenvalue weighted by Gasteiger charge is 2.54. The van der Waals surface area contributed by atoms with E-state index >= 15 is 0 Å². The highest BCUT2D eigenvalue weighted by atomic mass is 28.4. The first kappa shape index (κ1) is 15.5. The van der Waals surface area contributed by atoms with Crippen molar-refractivity contribution in [2.24, 2.45) is 0 Å². The zero-order valence-corrected chi connectivity index (χ0v) is 14.3. The van der Waals surface area contributed by atoms with E-state index in [1.54, 1.807) is 20.1 Å². The van der Waals surface area contributed by atoms with Gasteiger partial charge in [-0.25, -0.2) is 4.79 Å². The van der Waals surface area contributed by atoms with Crippen molar-refractivity contribution in [2.75, 3.05) is 0 Å². The molecule has 20 heavy (non-hydrogen) atoms. The Kier molecular flexibility index (Phi) is 3.55. The fraction of sp³-hybridized carbons (Fsp3) is 0.786. The third-order valence-electron chi connectivity index (χ3n) is 4.10. The number of rotatable bonds is 2. The third-order valence-corrected chi connectivity index (χ3v) is 8.42. The second-order valence-corrected chi connectivity index (χ2v) is 12.1. The number of esters is 1. The van der Waals surface area contributed by atoms with E-state index in [9.17, 15) is 4.79 Å². The molecule has 0 spiro atoms. The van der Waals surface area contributed by atoms with Crippen molar-refractivity contribution in [3.63, 3.8) is 0 Å². The summed E-state index contributed by atoms with van der Waals surface area (Å²) in [5, 5.41) is 0.0817. The van der Waals surface area contributed by atoms with Crippen LogP contribution in [-0.4, -0.2) is 32.3 Å². The van der Waals surface area contributed by atoms with Gasteiger partial charge in [-0.05, 0) is 32.0 Å². The minimum absolute atomic E-state index is 0.0817. The third kappa shape index (κ3) is 2.77. The quantitative estimate of drug-likeness (QED) is 0.446. The second-order valence-electron chi connectivity index (χ2n) is 7.30. The van der Waals surface area contributed by atoms with Crippen LogP contribution in [0.5, 0.6) is 0 Å². The molecule has 2 atom stereocenters. The topological polar surface area (TPSA) is 54.0 Å². The van der Waals surface area contributed by atoms with Gasteiger partial charge < -0.3 is 18.6 Å². The molecular formula is C14H24O5Si. The normalized spacial score (nSPS) is 31.4. The molecule has 5 nitrogen and oxygen atoms in total. The molecule has 0 unspecified atom stereocenters. The molecule has 0 aromatic heterocycles. The van der Waals surface area contributed by atoms with Crippen molar-refractivity contribution in [2.45, 2.75) is 70.7 Å². The van der Waals surface area contributed by atoms with Gasteiger partial charge in [-0.3, -0.25) is 0 Å². The minimum atomic E-state index is -1.94. The molecule has 2 aliphatic rings. The van der Waals surface area contributed by atoms with Crippen LogP contribution in [0.15, 0.2) is 12.0 Å². The van der Waals surface area contributed by atoms with Gasteiger partial charge in [0.1, 0.15) is 6.26 Å². The molecule has 2 fully saturated rings. The molecule has 6 heteroatoms. The zero-order chi connectivity index (χ0) is 15.3. The Morgan fingerprint density at radius 3 is 2.30 bits per heavy atom. The van der Waals surface area contributed by atoms with Gasteiger partial charge in [0.25, 0.3) is 0 Å². The van der Waals surface area contributed by atoms with Gasteiger partial charge in [-0.15, -0.1) is 0 Å². The largest absolute Gasteiger partial charge is 0.546 e. The van der Waals surface area contributed by atoms with Crippen LogP contribution in [0, 0.1) is 0 Å². The van der Waals surface area contributed by atoms with E-state index in [1.165, 1.54) is 0 Å². The second kappa shape index (κ2) is 4.58. The standard InChI is InChI=1S/C14H24O5Si/c1-13(2,3)20(6,7)16-8-9-10-11(12(15)17-9)19-14(4,5)18-10/h8,10-11H,1-7H3/b9-8-/t10-,11-/m1/s1. The van der Waals surface area contributed by atoms with Crippen molar-refractivity contribution in [1.29, 1.82) is 0 Å². The van der Waals surface area contributed by atoms with E-state index in [2.05, 4.69) is 33.9 Å². The molecule has 2 aliphatic heterocycles. The number of fused-ring (bicyclic) bond motifs is 1. The van der Waals surface area contributed by atoms with Crippen LogP contribution in [0.3, 0.4) is 0 Å². The van der Waals surface area contributed by atoms with Gasteiger partial charge in [0.15, 0.2) is 23.8 Å². The maximum Gasteiger partial charge on any atom is 0.343 e. The van der Waals surface area contributed by atoms with Gasteiger partial charge >= 0.3 is 5.97 Å². The van der Waals surface area contributed by atoms with Crippen LogP contribution >= 0.6 is 0 Å². The van der Waals surface area contributed by atoms with Crippen molar-refractivity contribution < 1.29 is 23.4 Å². The van der Waals surface area contributed by atoms with Crippen LogP contribution in [-0.2, 0) is 23.4 Å². The first-order valence-electron chi connectivity index (χ1n) is 6.88. The molecule has 0 aromatic carbocycles. The Bertz CT molecular complexity index is 447. The van der Waals surface area contributed by atoms with E-state index in [1.807, 2.05) is 0 Å². The zero-order valence-electron chi connectivity index (χ0n) is 13.3. The smallest absolute Gasteiger partial charge is 0.343 e. The monoisotopic (exact) mass is 300 g/mol. The average Bonchev–Trinajstić information content (AvgIpc) is 2.70. The summed E-state index contributed by atoms with van der Waals surface area (Å²) in [7, 11) is -1.94. The molecule has 114 valence electrons. The Morgan fingerprint density at radius 1 is 1.20 bits per heavy atom. The molecule has 2 saturated heterocycles. The predicted octanol–water partition coefficient (Wildman–Crippen LogP) is 2.93. The maximum absolute atomic E-state index is 11.8. The van der Waals surface area contributed by atoms with E-state index in [0.717, 1.165) is 0 Å². The van der Waals surface area contributed by atoms with E-state index in [0.29, 0.717) is 5.76 Å². The molecule has 0 aliphatic carbocycles. The molecule has 0 amide bonds. The average molecular weight is 300 g/mol. The van der Waals surface area contributed by atoms with Crippen LogP contribution in [0.25, 0.3) is 0 Å². The minimum Gasteiger partial charge on any atom is -0.546 e. The molecular weight excluding hydrogens is 276 g/mol. The summed E-state index contributed by atoms with van der Waals surface area (Å²) in [6.45, 7) is 14.3. The van der Waals surface area contributed by atoms with Crippen molar-refractivity contribution in [1.82, 2.24) is 0 Å². The van der Waals surface area contributed by atoms with Crippen molar-refractivity contribution in [3.8, 4) is 0 Å². The Morgan fingerprint density at radius 2 is 1.75 bits per heavy atom. The number of hydrogen-bond acceptors (Lipinski definition) is 5. The van der Waals surface area contributed by atoms with Crippen LogP contribution in [0.4, 0.5) is 0 Å². The molecule has 2 heterocycles. The van der Waals surface area contributed by atoms with Gasteiger partial charge in [0, 0.05) is 0 Å². The predicted molar refractivity (Wildman–Crippen MR) is 76.3 cm³/mol. The fourth-order valence-electron chi connectivity index (χ4n) is 1.85. The Balaban J connectivity index is 2.14. The van der Waals surface area contributed by atoms with E-state index < -0.39 is 32.3 Å². The lowest BCUT2D eigenvalue weighted by Crippen LogP contribution is -2.39. The van der Waals surface area contributed by atoms with E-state index in [-0.39, 0.29) is 5.04 Å².